The normalized spacial score (nSPS) is 26.5. The maximum atomic E-state index is 11.6. The van der Waals surface area contributed by atoms with Gasteiger partial charge in [0.05, 0.1) is 0 Å². The first-order chi connectivity index (χ1) is 7.38. The molecule has 0 aromatic heterocycles. The van der Waals surface area contributed by atoms with Crippen molar-refractivity contribution in [2.75, 3.05) is 6.54 Å². The minimum atomic E-state index is -0.358. The van der Waals surface area contributed by atoms with Crippen LogP contribution in [0.5, 0.6) is 0 Å². The topological polar surface area (TPSA) is 38.3 Å². The number of ether oxygens (including phenoxy) is 1. The van der Waals surface area contributed by atoms with Crippen LogP contribution >= 0.6 is 0 Å². The smallest absolute Gasteiger partial charge is 0.306 e. The fraction of sp³-hybridized carbons (Fsp3) is 0.923. The number of carbonyl (C=O) groups is 1. The molecule has 3 heteroatoms. The van der Waals surface area contributed by atoms with Crippen LogP contribution in [0.15, 0.2) is 0 Å². The monoisotopic (exact) mass is 227 g/mol. The highest BCUT2D eigenvalue weighted by Crippen LogP contribution is 2.20. The predicted octanol–water partition coefficient (Wildman–Crippen LogP) is 2.50. The largest absolute Gasteiger partial charge is 0.460 e. The summed E-state index contributed by atoms with van der Waals surface area (Å²) in [6.45, 7) is 9.07. The van der Waals surface area contributed by atoms with E-state index in [-0.39, 0.29) is 11.6 Å². The van der Waals surface area contributed by atoms with Crippen LogP contribution in [0.1, 0.15) is 53.4 Å². The molecule has 94 valence electrons. The molecule has 0 spiro atoms. The Labute approximate surface area is 98.9 Å². The second-order valence-corrected chi connectivity index (χ2v) is 5.81. The molecule has 1 aliphatic rings. The minimum Gasteiger partial charge on any atom is -0.460 e. The van der Waals surface area contributed by atoms with Crippen molar-refractivity contribution < 1.29 is 9.53 Å². The lowest BCUT2D eigenvalue weighted by Gasteiger charge is -2.30. The lowest BCUT2D eigenvalue weighted by molar-refractivity contribution is -0.155. The van der Waals surface area contributed by atoms with Crippen molar-refractivity contribution in [2.45, 2.75) is 65.0 Å². The molecule has 0 unspecified atom stereocenters. The molecule has 0 aromatic rings. The van der Waals surface area contributed by atoms with Gasteiger partial charge in [0.1, 0.15) is 5.60 Å². The van der Waals surface area contributed by atoms with Gasteiger partial charge in [-0.05, 0) is 52.5 Å². The van der Waals surface area contributed by atoms with Crippen LogP contribution < -0.4 is 5.32 Å². The van der Waals surface area contributed by atoms with E-state index in [1.165, 1.54) is 12.8 Å². The van der Waals surface area contributed by atoms with Gasteiger partial charge >= 0.3 is 5.97 Å². The zero-order valence-corrected chi connectivity index (χ0v) is 11.0. The van der Waals surface area contributed by atoms with Crippen molar-refractivity contribution in [3.05, 3.63) is 0 Å². The summed E-state index contributed by atoms with van der Waals surface area (Å²) in [6, 6.07) is 0.487. The van der Waals surface area contributed by atoms with Crippen molar-refractivity contribution in [1.82, 2.24) is 5.32 Å². The second-order valence-electron chi connectivity index (χ2n) is 5.81. The molecule has 0 aliphatic carbocycles. The van der Waals surface area contributed by atoms with E-state index < -0.39 is 0 Å². The third kappa shape index (κ3) is 4.97. The van der Waals surface area contributed by atoms with Crippen molar-refractivity contribution in [2.24, 2.45) is 5.92 Å². The van der Waals surface area contributed by atoms with E-state index in [1.54, 1.807) is 0 Å². The van der Waals surface area contributed by atoms with Gasteiger partial charge in [0, 0.05) is 12.5 Å². The Kier molecular flexibility index (Phi) is 4.78. The number of esters is 1. The fourth-order valence-electron chi connectivity index (χ4n) is 2.17. The van der Waals surface area contributed by atoms with E-state index in [0.29, 0.717) is 18.4 Å². The van der Waals surface area contributed by atoms with Crippen LogP contribution in [-0.4, -0.2) is 24.2 Å². The van der Waals surface area contributed by atoms with Crippen LogP contribution in [0.4, 0.5) is 0 Å². The molecule has 0 aromatic carbocycles. The van der Waals surface area contributed by atoms with Gasteiger partial charge in [-0.2, -0.15) is 0 Å². The molecular weight excluding hydrogens is 202 g/mol. The molecule has 1 fully saturated rings. The molecular formula is C13H25NO2. The highest BCUT2D eigenvalue weighted by atomic mass is 16.6. The summed E-state index contributed by atoms with van der Waals surface area (Å²) in [4.78, 5) is 11.6. The Morgan fingerprint density at radius 3 is 2.69 bits per heavy atom. The Bertz CT molecular complexity index is 233. The lowest BCUT2D eigenvalue weighted by Crippen LogP contribution is -2.40. The summed E-state index contributed by atoms with van der Waals surface area (Å²) in [5, 5.41) is 3.48. The molecule has 0 saturated carbocycles. The minimum absolute atomic E-state index is 0.0768. The van der Waals surface area contributed by atoms with Crippen molar-refractivity contribution in [1.29, 1.82) is 0 Å². The third-order valence-corrected chi connectivity index (χ3v) is 3.01. The molecule has 3 nitrogen and oxygen atoms in total. The van der Waals surface area contributed by atoms with Gasteiger partial charge < -0.3 is 10.1 Å². The maximum Gasteiger partial charge on any atom is 0.306 e. The Morgan fingerprint density at radius 2 is 2.12 bits per heavy atom. The Hall–Kier alpha value is -0.570. The van der Waals surface area contributed by atoms with Crippen LogP contribution in [0.3, 0.4) is 0 Å². The van der Waals surface area contributed by atoms with E-state index in [0.717, 1.165) is 13.0 Å². The third-order valence-electron chi connectivity index (χ3n) is 3.01. The van der Waals surface area contributed by atoms with E-state index in [4.69, 9.17) is 4.74 Å². The molecule has 0 amide bonds. The standard InChI is InChI=1S/C13H25NO2/c1-10-6-5-9-14-11(10)7-8-12(15)16-13(2,3)4/h10-11,14H,5-9H2,1-4H3/t10-,11+/m0/s1. The average molecular weight is 227 g/mol. The maximum absolute atomic E-state index is 11.6. The molecule has 0 bridgehead atoms. The molecule has 1 aliphatic heterocycles. The summed E-state index contributed by atoms with van der Waals surface area (Å²) in [6.07, 6.45) is 3.95. The van der Waals surface area contributed by atoms with E-state index in [1.807, 2.05) is 20.8 Å². The van der Waals surface area contributed by atoms with Crippen LogP contribution in [0.25, 0.3) is 0 Å². The van der Waals surface area contributed by atoms with Gasteiger partial charge in [-0.15, -0.1) is 0 Å². The van der Waals surface area contributed by atoms with Gasteiger partial charge in [0.2, 0.25) is 0 Å². The summed E-state index contributed by atoms with van der Waals surface area (Å²) < 4.78 is 5.30. The summed E-state index contributed by atoms with van der Waals surface area (Å²) in [5.41, 5.74) is -0.358. The zero-order chi connectivity index (χ0) is 12.2. The van der Waals surface area contributed by atoms with Crippen LogP contribution in [0.2, 0.25) is 0 Å². The van der Waals surface area contributed by atoms with E-state index in [9.17, 15) is 4.79 Å². The van der Waals surface area contributed by atoms with Crippen molar-refractivity contribution in [3.8, 4) is 0 Å². The molecule has 2 atom stereocenters. The fourth-order valence-corrected chi connectivity index (χ4v) is 2.17. The van der Waals surface area contributed by atoms with E-state index in [2.05, 4.69) is 12.2 Å². The SMILES string of the molecule is C[C@H]1CCCN[C@@H]1CCC(=O)OC(C)(C)C. The first kappa shape index (κ1) is 13.5. The van der Waals surface area contributed by atoms with Gasteiger partial charge in [-0.25, -0.2) is 0 Å². The zero-order valence-electron chi connectivity index (χ0n) is 11.0. The number of nitrogens with one attached hydrogen (secondary N) is 1. The molecule has 1 N–H and O–H groups in total. The number of hydrogen-bond acceptors (Lipinski definition) is 3. The summed E-state index contributed by atoms with van der Waals surface area (Å²) in [7, 11) is 0. The quantitative estimate of drug-likeness (QED) is 0.753. The highest BCUT2D eigenvalue weighted by molar-refractivity contribution is 5.69. The number of carbonyl (C=O) groups excluding carboxylic acids is 1. The predicted molar refractivity (Wildman–Crippen MR) is 65.3 cm³/mol. The number of piperidine rings is 1. The second kappa shape index (κ2) is 5.67. The lowest BCUT2D eigenvalue weighted by atomic mass is 9.90. The van der Waals surface area contributed by atoms with Crippen LogP contribution in [0, 0.1) is 5.92 Å². The Balaban J connectivity index is 2.25. The summed E-state index contributed by atoms with van der Waals surface area (Å²) >= 11 is 0. The number of hydrogen-bond donors (Lipinski definition) is 1. The molecule has 16 heavy (non-hydrogen) atoms. The van der Waals surface area contributed by atoms with Gasteiger partial charge in [0.25, 0.3) is 0 Å². The van der Waals surface area contributed by atoms with Crippen molar-refractivity contribution in [3.63, 3.8) is 0 Å². The molecule has 1 rings (SSSR count). The van der Waals surface area contributed by atoms with E-state index >= 15 is 0 Å². The first-order valence-corrected chi connectivity index (χ1v) is 6.34. The molecule has 1 heterocycles. The Morgan fingerprint density at radius 1 is 1.44 bits per heavy atom. The van der Waals surface area contributed by atoms with Gasteiger partial charge in [-0.1, -0.05) is 6.92 Å². The highest BCUT2D eigenvalue weighted by Gasteiger charge is 2.23. The number of rotatable bonds is 3. The molecule has 0 radical (unpaired) electrons. The van der Waals surface area contributed by atoms with Gasteiger partial charge in [0.15, 0.2) is 0 Å². The summed E-state index contributed by atoms with van der Waals surface area (Å²) in [5.74, 6) is 0.600. The first-order valence-electron chi connectivity index (χ1n) is 6.34. The van der Waals surface area contributed by atoms with Crippen LogP contribution in [-0.2, 0) is 9.53 Å². The van der Waals surface area contributed by atoms with Crippen molar-refractivity contribution >= 4 is 5.97 Å². The average Bonchev–Trinajstić information content (AvgIpc) is 2.14. The van der Waals surface area contributed by atoms with Gasteiger partial charge in [-0.3, -0.25) is 4.79 Å². The molecule has 1 saturated heterocycles.